The minimum Gasteiger partial charge on any atom is -0.478 e. The highest BCUT2D eigenvalue weighted by molar-refractivity contribution is 5.96. The van der Waals surface area contributed by atoms with Gasteiger partial charge in [0.2, 0.25) is 0 Å². The highest BCUT2D eigenvalue weighted by Gasteiger charge is 2.33. The van der Waals surface area contributed by atoms with Crippen molar-refractivity contribution in [1.82, 2.24) is 9.88 Å². The topological polar surface area (TPSA) is 70.5 Å². The van der Waals surface area contributed by atoms with Gasteiger partial charge in [0.25, 0.3) is 5.91 Å². The number of pyridine rings is 1. The van der Waals surface area contributed by atoms with Crippen molar-refractivity contribution in [3.8, 4) is 0 Å². The van der Waals surface area contributed by atoms with Gasteiger partial charge in [-0.15, -0.1) is 0 Å². The number of amides is 1. The van der Waals surface area contributed by atoms with E-state index in [9.17, 15) is 9.59 Å². The molecule has 1 heterocycles. The molecular formula is C14H18N2O3. The van der Waals surface area contributed by atoms with Gasteiger partial charge in [-0.25, -0.2) is 4.79 Å². The van der Waals surface area contributed by atoms with Gasteiger partial charge in [-0.2, -0.15) is 0 Å². The second-order valence-corrected chi connectivity index (χ2v) is 5.32. The first-order valence-electron chi connectivity index (χ1n) is 6.49. The summed E-state index contributed by atoms with van der Waals surface area (Å²) in [7, 11) is 0. The molecule has 102 valence electrons. The second kappa shape index (κ2) is 5.38. The van der Waals surface area contributed by atoms with Crippen LogP contribution in [-0.4, -0.2) is 39.5 Å². The molecule has 1 N–H and O–H groups in total. The summed E-state index contributed by atoms with van der Waals surface area (Å²) in [4.78, 5) is 29.1. The van der Waals surface area contributed by atoms with Gasteiger partial charge in [0, 0.05) is 18.8 Å². The Morgan fingerprint density at radius 3 is 2.68 bits per heavy atom. The van der Waals surface area contributed by atoms with E-state index in [1.807, 2.05) is 4.90 Å². The maximum absolute atomic E-state index is 12.4. The third kappa shape index (κ3) is 3.30. The molecule has 19 heavy (non-hydrogen) atoms. The highest BCUT2D eigenvalue weighted by Crippen LogP contribution is 2.28. The number of aromatic carboxylic acids is 1. The molecule has 1 amide bonds. The van der Waals surface area contributed by atoms with Crippen molar-refractivity contribution in [3.63, 3.8) is 0 Å². The first-order valence-corrected chi connectivity index (χ1v) is 6.49. The van der Waals surface area contributed by atoms with E-state index < -0.39 is 5.97 Å². The smallest absolute Gasteiger partial charge is 0.335 e. The SMILES string of the molecule is CC(C)CN(C(=O)c1cc(C(=O)O)ccn1)C1CC1. The molecule has 1 fully saturated rings. The van der Waals surface area contributed by atoms with Crippen LogP contribution in [0.1, 0.15) is 47.5 Å². The minimum absolute atomic E-state index is 0.0960. The molecule has 0 atom stereocenters. The Kier molecular flexibility index (Phi) is 3.83. The monoisotopic (exact) mass is 262 g/mol. The fourth-order valence-corrected chi connectivity index (χ4v) is 2.01. The largest absolute Gasteiger partial charge is 0.478 e. The molecule has 1 aliphatic rings. The Labute approximate surface area is 112 Å². The number of hydrogen-bond acceptors (Lipinski definition) is 3. The second-order valence-electron chi connectivity index (χ2n) is 5.32. The van der Waals surface area contributed by atoms with Crippen LogP contribution in [0.3, 0.4) is 0 Å². The minimum atomic E-state index is -1.04. The number of carboxylic acid groups (broad SMARTS) is 1. The maximum Gasteiger partial charge on any atom is 0.335 e. The van der Waals surface area contributed by atoms with Gasteiger partial charge in [0.15, 0.2) is 0 Å². The summed E-state index contributed by atoms with van der Waals surface area (Å²) in [5.41, 5.74) is 0.311. The van der Waals surface area contributed by atoms with Crippen LogP contribution >= 0.6 is 0 Å². The summed E-state index contributed by atoms with van der Waals surface area (Å²) < 4.78 is 0. The number of rotatable bonds is 5. The molecule has 1 aromatic heterocycles. The van der Waals surface area contributed by atoms with Crippen molar-refractivity contribution in [2.45, 2.75) is 32.7 Å². The van der Waals surface area contributed by atoms with Crippen LogP contribution < -0.4 is 0 Å². The molecule has 0 radical (unpaired) electrons. The first kappa shape index (κ1) is 13.5. The quantitative estimate of drug-likeness (QED) is 0.881. The zero-order valence-electron chi connectivity index (χ0n) is 11.2. The predicted molar refractivity (Wildman–Crippen MR) is 70.1 cm³/mol. The molecule has 1 aliphatic carbocycles. The Balaban J connectivity index is 2.21. The van der Waals surface area contributed by atoms with Crippen molar-refractivity contribution in [3.05, 3.63) is 29.6 Å². The van der Waals surface area contributed by atoms with Crippen LogP contribution in [0.25, 0.3) is 0 Å². The Morgan fingerprint density at radius 1 is 1.47 bits per heavy atom. The van der Waals surface area contributed by atoms with Crippen molar-refractivity contribution < 1.29 is 14.7 Å². The molecule has 0 aliphatic heterocycles. The number of nitrogens with zero attached hydrogens (tertiary/aromatic N) is 2. The standard InChI is InChI=1S/C14H18N2O3/c1-9(2)8-16(11-3-4-11)13(17)12-7-10(14(18)19)5-6-15-12/h5-7,9,11H,3-4,8H2,1-2H3,(H,18,19). The predicted octanol–water partition coefficient (Wildman–Crippen LogP) is 2.04. The number of hydrogen-bond donors (Lipinski definition) is 1. The summed E-state index contributed by atoms with van der Waals surface area (Å²) in [5.74, 6) is -0.829. The van der Waals surface area contributed by atoms with E-state index in [1.165, 1.54) is 18.3 Å². The van der Waals surface area contributed by atoms with E-state index in [1.54, 1.807) is 0 Å². The average molecular weight is 262 g/mol. The van der Waals surface area contributed by atoms with E-state index in [0.717, 1.165) is 12.8 Å². The highest BCUT2D eigenvalue weighted by atomic mass is 16.4. The normalized spacial score (nSPS) is 14.5. The van der Waals surface area contributed by atoms with Crippen LogP contribution in [0.5, 0.6) is 0 Å². The van der Waals surface area contributed by atoms with E-state index in [4.69, 9.17) is 5.11 Å². The van der Waals surface area contributed by atoms with Crippen LogP contribution in [0, 0.1) is 5.92 Å². The van der Waals surface area contributed by atoms with E-state index in [0.29, 0.717) is 18.5 Å². The van der Waals surface area contributed by atoms with Gasteiger partial charge in [0.05, 0.1) is 5.56 Å². The van der Waals surface area contributed by atoms with Gasteiger partial charge < -0.3 is 10.0 Å². The molecule has 0 spiro atoms. The first-order chi connectivity index (χ1) is 8.99. The van der Waals surface area contributed by atoms with Crippen molar-refractivity contribution >= 4 is 11.9 Å². The van der Waals surface area contributed by atoms with Gasteiger partial charge in [0.1, 0.15) is 5.69 Å². The molecule has 5 heteroatoms. The summed E-state index contributed by atoms with van der Waals surface area (Å²) >= 11 is 0. The lowest BCUT2D eigenvalue weighted by molar-refractivity contribution is 0.0696. The van der Waals surface area contributed by atoms with Crippen LogP contribution in [-0.2, 0) is 0 Å². The van der Waals surface area contributed by atoms with Gasteiger partial charge >= 0.3 is 5.97 Å². The third-order valence-electron chi connectivity index (χ3n) is 3.04. The zero-order valence-corrected chi connectivity index (χ0v) is 11.2. The van der Waals surface area contributed by atoms with Crippen LogP contribution in [0.4, 0.5) is 0 Å². The molecule has 0 aromatic carbocycles. The maximum atomic E-state index is 12.4. The molecule has 0 saturated heterocycles. The molecule has 0 bridgehead atoms. The lowest BCUT2D eigenvalue weighted by Crippen LogP contribution is -2.36. The van der Waals surface area contributed by atoms with Crippen molar-refractivity contribution in [2.24, 2.45) is 5.92 Å². The Bertz CT molecular complexity index is 495. The third-order valence-corrected chi connectivity index (χ3v) is 3.04. The van der Waals surface area contributed by atoms with Crippen molar-refractivity contribution in [2.75, 3.05) is 6.54 Å². The summed E-state index contributed by atoms with van der Waals surface area (Å²) in [6.07, 6.45) is 3.42. The van der Waals surface area contributed by atoms with Gasteiger partial charge in [-0.1, -0.05) is 13.8 Å². The Morgan fingerprint density at radius 2 is 2.16 bits per heavy atom. The molecule has 5 nitrogen and oxygen atoms in total. The molecule has 2 rings (SSSR count). The van der Waals surface area contributed by atoms with E-state index >= 15 is 0 Å². The number of carbonyl (C=O) groups excluding carboxylic acids is 1. The van der Waals surface area contributed by atoms with E-state index in [-0.39, 0.29) is 17.2 Å². The average Bonchev–Trinajstić information content (AvgIpc) is 3.19. The number of carboxylic acids is 1. The number of carbonyl (C=O) groups is 2. The van der Waals surface area contributed by atoms with Gasteiger partial charge in [-0.05, 0) is 30.9 Å². The fraction of sp³-hybridized carbons (Fsp3) is 0.500. The van der Waals surface area contributed by atoms with Crippen molar-refractivity contribution in [1.29, 1.82) is 0 Å². The molecular weight excluding hydrogens is 244 g/mol. The van der Waals surface area contributed by atoms with Crippen LogP contribution in [0.2, 0.25) is 0 Å². The molecule has 0 unspecified atom stereocenters. The summed E-state index contributed by atoms with van der Waals surface area (Å²) in [6.45, 7) is 4.80. The Hall–Kier alpha value is -1.91. The fourth-order valence-electron chi connectivity index (χ4n) is 2.01. The molecule has 1 saturated carbocycles. The summed E-state index contributed by atoms with van der Waals surface area (Å²) in [6, 6.07) is 3.04. The lowest BCUT2D eigenvalue weighted by atomic mass is 10.1. The summed E-state index contributed by atoms with van der Waals surface area (Å²) in [5, 5.41) is 8.94. The van der Waals surface area contributed by atoms with Crippen LogP contribution in [0.15, 0.2) is 18.3 Å². The molecule has 1 aromatic rings. The number of aromatic nitrogens is 1. The van der Waals surface area contributed by atoms with E-state index in [2.05, 4.69) is 18.8 Å². The lowest BCUT2D eigenvalue weighted by Gasteiger charge is -2.24. The van der Waals surface area contributed by atoms with Gasteiger partial charge in [-0.3, -0.25) is 9.78 Å². The zero-order chi connectivity index (χ0) is 14.0.